The molecule has 0 spiro atoms. The summed E-state index contributed by atoms with van der Waals surface area (Å²) in [4.78, 5) is 38.9. The monoisotopic (exact) mass is 348 g/mol. The number of nitrogens with zero attached hydrogens (tertiary/aromatic N) is 2. The van der Waals surface area contributed by atoms with Crippen LogP contribution in [-0.4, -0.2) is 52.0 Å². The predicted octanol–water partition coefficient (Wildman–Crippen LogP) is 0.226. The van der Waals surface area contributed by atoms with Crippen molar-refractivity contribution in [2.24, 2.45) is 0 Å². The van der Waals surface area contributed by atoms with Crippen molar-refractivity contribution in [1.29, 1.82) is 0 Å². The van der Waals surface area contributed by atoms with Crippen LogP contribution in [0.4, 0.5) is 0 Å². The molecule has 0 bridgehead atoms. The maximum atomic E-state index is 12.5. The zero-order chi connectivity index (χ0) is 18.4. The van der Waals surface area contributed by atoms with E-state index in [2.05, 4.69) is 15.6 Å². The molecule has 0 saturated carbocycles. The second kappa shape index (κ2) is 8.13. The summed E-state index contributed by atoms with van der Waals surface area (Å²) in [7, 11) is 0. The number of carboxylic acid groups (broad SMARTS) is 1. The van der Waals surface area contributed by atoms with Crippen LogP contribution in [0.3, 0.4) is 0 Å². The van der Waals surface area contributed by atoms with Crippen molar-refractivity contribution in [2.75, 3.05) is 19.7 Å². The largest absolute Gasteiger partial charge is 0.490 e. The van der Waals surface area contributed by atoms with Gasteiger partial charge in [0.1, 0.15) is 12.2 Å². The Bertz CT molecular complexity index is 799. The van der Waals surface area contributed by atoms with Crippen LogP contribution in [0, 0.1) is 0 Å². The number of carboxylic acids is 1. The van der Waals surface area contributed by atoms with Crippen LogP contribution in [-0.2, 0) is 16.0 Å². The van der Waals surface area contributed by atoms with Crippen molar-refractivity contribution in [3.05, 3.63) is 29.7 Å². The predicted molar refractivity (Wildman–Crippen MR) is 88.7 cm³/mol. The summed E-state index contributed by atoms with van der Waals surface area (Å²) in [6, 6.07) is 3.52. The Kier molecular flexibility index (Phi) is 5.93. The van der Waals surface area contributed by atoms with Crippen LogP contribution in [0.2, 0.25) is 0 Å². The zero-order valence-electron chi connectivity index (χ0n) is 14.0. The van der Waals surface area contributed by atoms with Gasteiger partial charge in [-0.3, -0.25) is 18.8 Å². The van der Waals surface area contributed by atoms with Gasteiger partial charge < -0.3 is 20.5 Å². The highest BCUT2D eigenvalue weighted by Gasteiger charge is 2.20. The van der Waals surface area contributed by atoms with Gasteiger partial charge in [0.25, 0.3) is 5.91 Å². The van der Waals surface area contributed by atoms with Crippen LogP contribution >= 0.6 is 0 Å². The van der Waals surface area contributed by atoms with E-state index in [9.17, 15) is 14.4 Å². The lowest BCUT2D eigenvalue weighted by molar-refractivity contribution is -0.137. The molecule has 9 nitrogen and oxygen atoms in total. The second-order valence-electron chi connectivity index (χ2n) is 5.11. The lowest BCUT2D eigenvalue weighted by Gasteiger charge is -2.08. The third-order valence-corrected chi connectivity index (χ3v) is 3.38. The number of carbonyl (C=O) groups excluding carboxylic acids is 2. The average Bonchev–Trinajstić information content (AvgIpc) is 2.97. The minimum absolute atomic E-state index is 0.324. The minimum atomic E-state index is -1.15. The number of amides is 2. The normalized spacial score (nSPS) is 10.5. The number of aliphatic carboxylic acids is 1. The van der Waals surface area contributed by atoms with Gasteiger partial charge in [0.05, 0.1) is 18.8 Å². The zero-order valence-corrected chi connectivity index (χ0v) is 14.0. The first kappa shape index (κ1) is 18.2. The Morgan fingerprint density at radius 1 is 1.24 bits per heavy atom. The first-order valence-corrected chi connectivity index (χ1v) is 7.87. The van der Waals surface area contributed by atoms with E-state index < -0.39 is 24.3 Å². The van der Waals surface area contributed by atoms with Crippen molar-refractivity contribution >= 4 is 23.4 Å². The number of aromatic nitrogens is 2. The van der Waals surface area contributed by atoms with E-state index in [-0.39, 0.29) is 6.54 Å². The molecule has 2 aromatic heterocycles. The van der Waals surface area contributed by atoms with Gasteiger partial charge in [0.15, 0.2) is 11.4 Å². The first-order chi connectivity index (χ1) is 12.0. The molecule has 0 radical (unpaired) electrons. The Morgan fingerprint density at radius 3 is 2.64 bits per heavy atom. The highest BCUT2D eigenvalue weighted by atomic mass is 16.5. The smallest absolute Gasteiger partial charge is 0.322 e. The molecule has 0 aliphatic carbocycles. The summed E-state index contributed by atoms with van der Waals surface area (Å²) in [5.41, 5.74) is 1.43. The number of carbonyl (C=O) groups is 3. The number of nitrogens with one attached hydrogen (secondary N) is 2. The van der Waals surface area contributed by atoms with E-state index in [1.54, 1.807) is 22.7 Å². The Labute approximate surface area is 144 Å². The summed E-state index contributed by atoms with van der Waals surface area (Å²) < 4.78 is 7.15. The van der Waals surface area contributed by atoms with E-state index in [0.29, 0.717) is 35.8 Å². The van der Waals surface area contributed by atoms with E-state index in [4.69, 9.17) is 9.84 Å². The number of rotatable bonds is 8. The molecule has 3 N–H and O–H groups in total. The molecule has 2 amide bonds. The molecule has 0 saturated heterocycles. The Hall–Kier alpha value is -3.10. The van der Waals surface area contributed by atoms with Crippen LogP contribution < -0.4 is 15.4 Å². The quantitative estimate of drug-likeness (QED) is 0.627. The van der Waals surface area contributed by atoms with Crippen molar-refractivity contribution < 1.29 is 24.2 Å². The van der Waals surface area contributed by atoms with Gasteiger partial charge in [-0.15, -0.1) is 0 Å². The molecule has 0 atom stereocenters. The van der Waals surface area contributed by atoms with Gasteiger partial charge in [-0.1, -0.05) is 6.92 Å². The summed E-state index contributed by atoms with van der Waals surface area (Å²) >= 11 is 0. The third-order valence-electron chi connectivity index (χ3n) is 3.38. The van der Waals surface area contributed by atoms with Gasteiger partial charge in [-0.2, -0.15) is 0 Å². The van der Waals surface area contributed by atoms with Gasteiger partial charge in [0.2, 0.25) is 5.91 Å². The summed E-state index contributed by atoms with van der Waals surface area (Å²) in [5, 5.41) is 13.2. The molecular weight excluding hydrogens is 328 g/mol. The van der Waals surface area contributed by atoms with E-state index >= 15 is 0 Å². The number of ether oxygens (including phenoxy) is 1. The molecule has 0 aromatic carbocycles. The number of pyridine rings is 1. The SMILES string of the molecule is CCOc1cccn2c(C(=O)NCC(=O)NCC(=O)O)c(CC)nc12. The molecule has 134 valence electrons. The fourth-order valence-corrected chi connectivity index (χ4v) is 2.33. The van der Waals surface area contributed by atoms with Gasteiger partial charge in [-0.05, 0) is 25.5 Å². The summed E-state index contributed by atoms with van der Waals surface area (Å²) in [5.74, 6) is -1.64. The second-order valence-corrected chi connectivity index (χ2v) is 5.11. The van der Waals surface area contributed by atoms with Crippen molar-refractivity contribution in [3.8, 4) is 5.75 Å². The number of hydrogen-bond acceptors (Lipinski definition) is 5. The van der Waals surface area contributed by atoms with Gasteiger partial charge >= 0.3 is 5.97 Å². The van der Waals surface area contributed by atoms with E-state index in [1.165, 1.54) is 0 Å². The lowest BCUT2D eigenvalue weighted by atomic mass is 10.2. The molecule has 2 rings (SSSR count). The van der Waals surface area contributed by atoms with E-state index in [0.717, 1.165) is 0 Å². The summed E-state index contributed by atoms with van der Waals surface area (Å²) in [6.45, 7) is 3.38. The highest BCUT2D eigenvalue weighted by Crippen LogP contribution is 2.22. The van der Waals surface area contributed by atoms with Gasteiger partial charge in [-0.25, -0.2) is 4.98 Å². The molecule has 9 heteroatoms. The number of hydrogen-bond donors (Lipinski definition) is 3. The minimum Gasteiger partial charge on any atom is -0.490 e. The van der Waals surface area contributed by atoms with Crippen LogP contribution in [0.5, 0.6) is 5.75 Å². The van der Waals surface area contributed by atoms with Crippen LogP contribution in [0.25, 0.3) is 5.65 Å². The van der Waals surface area contributed by atoms with Crippen molar-refractivity contribution in [1.82, 2.24) is 20.0 Å². The highest BCUT2D eigenvalue weighted by molar-refractivity contribution is 5.97. The Balaban J connectivity index is 2.21. The standard InChI is InChI=1S/C16H20N4O5/c1-3-10-14(16(24)18-8-12(21)17-9-13(22)23)20-7-5-6-11(25-4-2)15(20)19-10/h5-7H,3-4,8-9H2,1-2H3,(H,17,21)(H,18,24)(H,22,23). The lowest BCUT2D eigenvalue weighted by Crippen LogP contribution is -2.39. The number of fused-ring (bicyclic) bond motifs is 1. The third kappa shape index (κ3) is 4.25. The molecule has 2 heterocycles. The summed E-state index contributed by atoms with van der Waals surface area (Å²) in [6.07, 6.45) is 2.23. The molecule has 0 fully saturated rings. The van der Waals surface area contributed by atoms with Gasteiger partial charge in [0, 0.05) is 6.20 Å². The molecule has 2 aromatic rings. The maximum Gasteiger partial charge on any atom is 0.322 e. The maximum absolute atomic E-state index is 12.5. The molecule has 0 aliphatic rings. The molecular formula is C16H20N4O5. The average molecular weight is 348 g/mol. The molecule has 0 aliphatic heterocycles. The van der Waals surface area contributed by atoms with Crippen molar-refractivity contribution in [3.63, 3.8) is 0 Å². The number of aryl methyl sites for hydroxylation is 1. The number of imidazole rings is 1. The van der Waals surface area contributed by atoms with E-state index in [1.807, 2.05) is 13.8 Å². The topological polar surface area (TPSA) is 122 Å². The Morgan fingerprint density at radius 2 is 2.00 bits per heavy atom. The molecule has 25 heavy (non-hydrogen) atoms. The fraction of sp³-hybridized carbons (Fsp3) is 0.375. The van der Waals surface area contributed by atoms with Crippen molar-refractivity contribution in [2.45, 2.75) is 20.3 Å². The van der Waals surface area contributed by atoms with Crippen LogP contribution in [0.15, 0.2) is 18.3 Å². The molecule has 0 unspecified atom stereocenters. The first-order valence-electron chi connectivity index (χ1n) is 7.87. The fourth-order valence-electron chi connectivity index (χ4n) is 2.33. The van der Waals surface area contributed by atoms with Crippen LogP contribution in [0.1, 0.15) is 30.0 Å².